The van der Waals surface area contributed by atoms with Crippen molar-refractivity contribution < 1.29 is 0 Å². The van der Waals surface area contributed by atoms with E-state index in [0.29, 0.717) is 5.92 Å². The van der Waals surface area contributed by atoms with E-state index >= 15 is 0 Å². The first-order valence-corrected chi connectivity index (χ1v) is 5.94. The standard InChI is InChI=1S/C10H17N3S/c1-7(2)10(3,4)8-11-6-12-9(13-8)14-5/h6-7H,1-5H3. The van der Waals surface area contributed by atoms with Gasteiger partial charge in [-0.3, -0.25) is 0 Å². The van der Waals surface area contributed by atoms with E-state index in [0.717, 1.165) is 11.0 Å². The van der Waals surface area contributed by atoms with Gasteiger partial charge in [0.05, 0.1) is 0 Å². The van der Waals surface area contributed by atoms with Crippen molar-refractivity contribution in [3.05, 3.63) is 12.2 Å². The van der Waals surface area contributed by atoms with E-state index in [4.69, 9.17) is 0 Å². The van der Waals surface area contributed by atoms with E-state index in [1.54, 1.807) is 18.1 Å². The van der Waals surface area contributed by atoms with Gasteiger partial charge in [0, 0.05) is 5.41 Å². The van der Waals surface area contributed by atoms with Crippen LogP contribution in [0, 0.1) is 5.92 Å². The minimum Gasteiger partial charge on any atom is -0.221 e. The van der Waals surface area contributed by atoms with E-state index in [-0.39, 0.29) is 5.41 Å². The lowest BCUT2D eigenvalue weighted by atomic mass is 9.80. The smallest absolute Gasteiger partial charge is 0.190 e. The van der Waals surface area contributed by atoms with E-state index in [1.807, 2.05) is 6.26 Å². The molecule has 4 heteroatoms. The molecule has 1 aromatic rings. The summed E-state index contributed by atoms with van der Waals surface area (Å²) in [6.07, 6.45) is 3.57. The molecule has 0 radical (unpaired) electrons. The number of hydrogen-bond donors (Lipinski definition) is 0. The second kappa shape index (κ2) is 4.26. The van der Waals surface area contributed by atoms with Crippen molar-refractivity contribution in [2.24, 2.45) is 5.92 Å². The van der Waals surface area contributed by atoms with Gasteiger partial charge in [-0.05, 0) is 12.2 Å². The van der Waals surface area contributed by atoms with Gasteiger partial charge in [-0.1, -0.05) is 39.5 Å². The van der Waals surface area contributed by atoms with E-state index in [1.165, 1.54) is 0 Å². The maximum absolute atomic E-state index is 4.42. The topological polar surface area (TPSA) is 38.7 Å². The van der Waals surface area contributed by atoms with Gasteiger partial charge in [-0.2, -0.15) is 0 Å². The molecular formula is C10H17N3S. The Morgan fingerprint density at radius 2 is 1.93 bits per heavy atom. The van der Waals surface area contributed by atoms with Crippen molar-refractivity contribution >= 4 is 11.8 Å². The largest absolute Gasteiger partial charge is 0.221 e. The molecule has 78 valence electrons. The normalized spacial score (nSPS) is 12.1. The Labute approximate surface area is 89.8 Å². The molecule has 1 heterocycles. The Balaban J connectivity index is 3.06. The second-order valence-corrected chi connectivity index (χ2v) is 4.95. The quantitative estimate of drug-likeness (QED) is 0.720. The Morgan fingerprint density at radius 1 is 1.29 bits per heavy atom. The zero-order valence-corrected chi connectivity index (χ0v) is 10.2. The molecule has 1 rings (SSSR count). The number of rotatable bonds is 3. The first-order valence-electron chi connectivity index (χ1n) is 4.72. The third-order valence-electron chi connectivity index (χ3n) is 2.75. The minimum absolute atomic E-state index is 0.00736. The first-order chi connectivity index (χ1) is 6.48. The van der Waals surface area contributed by atoms with Gasteiger partial charge in [0.15, 0.2) is 5.16 Å². The fourth-order valence-electron chi connectivity index (χ4n) is 0.948. The summed E-state index contributed by atoms with van der Waals surface area (Å²) in [6.45, 7) is 8.69. The van der Waals surface area contributed by atoms with E-state index in [9.17, 15) is 0 Å². The molecule has 0 aliphatic rings. The summed E-state index contributed by atoms with van der Waals surface area (Å²) in [5, 5.41) is 0.795. The zero-order valence-electron chi connectivity index (χ0n) is 9.40. The van der Waals surface area contributed by atoms with Crippen molar-refractivity contribution in [2.75, 3.05) is 6.26 Å². The second-order valence-electron chi connectivity index (χ2n) is 4.17. The Morgan fingerprint density at radius 3 is 2.43 bits per heavy atom. The lowest BCUT2D eigenvalue weighted by Gasteiger charge is -2.27. The van der Waals surface area contributed by atoms with E-state index < -0.39 is 0 Å². The monoisotopic (exact) mass is 211 g/mol. The summed E-state index contributed by atoms with van der Waals surface area (Å²) in [4.78, 5) is 12.7. The van der Waals surface area contributed by atoms with Crippen molar-refractivity contribution in [1.82, 2.24) is 15.0 Å². The SMILES string of the molecule is CSc1ncnc(C(C)(C)C(C)C)n1. The highest BCUT2D eigenvalue weighted by molar-refractivity contribution is 7.98. The van der Waals surface area contributed by atoms with Crippen LogP contribution in [-0.2, 0) is 5.41 Å². The predicted molar refractivity (Wildman–Crippen MR) is 59.5 cm³/mol. The summed E-state index contributed by atoms with van der Waals surface area (Å²) in [5.74, 6) is 1.39. The molecule has 0 spiro atoms. The molecule has 0 fully saturated rings. The van der Waals surface area contributed by atoms with Gasteiger partial charge in [-0.15, -0.1) is 0 Å². The van der Waals surface area contributed by atoms with E-state index in [2.05, 4.69) is 42.6 Å². The third kappa shape index (κ3) is 2.23. The van der Waals surface area contributed by atoms with Crippen LogP contribution in [-0.4, -0.2) is 21.2 Å². The number of hydrogen-bond acceptors (Lipinski definition) is 4. The molecule has 0 saturated carbocycles. The lowest BCUT2D eigenvalue weighted by Crippen LogP contribution is -2.27. The third-order valence-corrected chi connectivity index (χ3v) is 3.31. The fraction of sp³-hybridized carbons (Fsp3) is 0.700. The molecule has 0 bridgehead atoms. The maximum Gasteiger partial charge on any atom is 0.190 e. The van der Waals surface area contributed by atoms with Gasteiger partial charge in [0.2, 0.25) is 0 Å². The molecule has 0 saturated heterocycles. The molecule has 0 aliphatic carbocycles. The van der Waals surface area contributed by atoms with Crippen LogP contribution >= 0.6 is 11.8 Å². The van der Waals surface area contributed by atoms with Crippen LogP contribution in [0.1, 0.15) is 33.5 Å². The zero-order chi connectivity index (χ0) is 10.8. The Kier molecular flexibility index (Phi) is 3.48. The van der Waals surface area contributed by atoms with Gasteiger partial charge in [0.25, 0.3) is 0 Å². The fourth-order valence-corrected chi connectivity index (χ4v) is 1.28. The molecule has 14 heavy (non-hydrogen) atoms. The highest BCUT2D eigenvalue weighted by atomic mass is 32.2. The Bertz CT molecular complexity index is 310. The predicted octanol–water partition coefficient (Wildman–Crippen LogP) is 2.53. The summed E-state index contributed by atoms with van der Waals surface area (Å²) in [5.41, 5.74) is 0.00736. The molecular weight excluding hydrogens is 194 g/mol. The van der Waals surface area contributed by atoms with Crippen LogP contribution in [0.25, 0.3) is 0 Å². The molecule has 0 amide bonds. The van der Waals surface area contributed by atoms with Crippen molar-refractivity contribution in [2.45, 2.75) is 38.3 Å². The van der Waals surface area contributed by atoms with Gasteiger partial charge in [-0.25, -0.2) is 15.0 Å². The number of aromatic nitrogens is 3. The van der Waals surface area contributed by atoms with Gasteiger partial charge < -0.3 is 0 Å². The first kappa shape index (κ1) is 11.4. The average molecular weight is 211 g/mol. The molecule has 0 N–H and O–H groups in total. The molecule has 3 nitrogen and oxygen atoms in total. The number of nitrogens with zero attached hydrogens (tertiary/aromatic N) is 3. The number of thioether (sulfide) groups is 1. The van der Waals surface area contributed by atoms with Crippen LogP contribution < -0.4 is 0 Å². The summed E-state index contributed by atoms with van der Waals surface area (Å²) in [7, 11) is 0. The highest BCUT2D eigenvalue weighted by Gasteiger charge is 2.28. The molecule has 0 aromatic carbocycles. The summed E-state index contributed by atoms with van der Waals surface area (Å²) in [6, 6.07) is 0. The molecule has 1 aromatic heterocycles. The van der Waals surface area contributed by atoms with Crippen LogP contribution in [0.3, 0.4) is 0 Å². The molecule has 0 aliphatic heterocycles. The Hall–Kier alpha value is -0.640. The van der Waals surface area contributed by atoms with Crippen LogP contribution in [0.5, 0.6) is 0 Å². The van der Waals surface area contributed by atoms with Crippen molar-refractivity contribution in [1.29, 1.82) is 0 Å². The summed E-state index contributed by atoms with van der Waals surface area (Å²) < 4.78 is 0. The van der Waals surface area contributed by atoms with Crippen molar-refractivity contribution in [3.8, 4) is 0 Å². The van der Waals surface area contributed by atoms with Gasteiger partial charge >= 0.3 is 0 Å². The van der Waals surface area contributed by atoms with Crippen LogP contribution in [0.4, 0.5) is 0 Å². The van der Waals surface area contributed by atoms with Gasteiger partial charge in [0.1, 0.15) is 12.2 Å². The average Bonchev–Trinajstić information content (AvgIpc) is 2.17. The van der Waals surface area contributed by atoms with Crippen LogP contribution in [0.15, 0.2) is 11.5 Å². The van der Waals surface area contributed by atoms with Crippen LogP contribution in [0.2, 0.25) is 0 Å². The van der Waals surface area contributed by atoms with Crippen molar-refractivity contribution in [3.63, 3.8) is 0 Å². The highest BCUT2D eigenvalue weighted by Crippen LogP contribution is 2.28. The lowest BCUT2D eigenvalue weighted by molar-refractivity contribution is 0.347. The molecule has 0 unspecified atom stereocenters. The summed E-state index contributed by atoms with van der Waals surface area (Å²) >= 11 is 1.55. The molecule has 0 atom stereocenters. The maximum atomic E-state index is 4.42. The minimum atomic E-state index is 0.00736.